The average molecular weight is 324 g/mol. The lowest BCUT2D eigenvalue weighted by Crippen LogP contribution is -2.33. The molecule has 0 heterocycles. The molecule has 0 fully saturated rings. The second-order valence-electron chi connectivity index (χ2n) is 4.58. The minimum absolute atomic E-state index is 0.136. The first-order valence-corrected chi connectivity index (χ1v) is 6.66. The van der Waals surface area contributed by atoms with Gasteiger partial charge in [0.05, 0.1) is 5.56 Å². The molecular formula is C13H17BrF3N. The van der Waals surface area contributed by atoms with Crippen molar-refractivity contribution in [1.29, 1.82) is 0 Å². The van der Waals surface area contributed by atoms with Gasteiger partial charge >= 0.3 is 6.18 Å². The SMILES string of the molecule is CCC(C)(CC)Nc1ccc(Br)cc1C(F)(F)F. The van der Waals surface area contributed by atoms with Crippen LogP contribution < -0.4 is 5.32 Å². The number of nitrogens with one attached hydrogen (secondary N) is 1. The molecule has 0 bridgehead atoms. The standard InChI is InChI=1S/C13H17BrF3N/c1-4-12(3,5-2)18-11-7-6-9(14)8-10(11)13(15,16)17/h6-8,18H,4-5H2,1-3H3. The highest BCUT2D eigenvalue weighted by Crippen LogP contribution is 2.38. The van der Waals surface area contributed by atoms with Crippen LogP contribution in [0.2, 0.25) is 0 Å². The average Bonchev–Trinajstić information content (AvgIpc) is 2.30. The second-order valence-corrected chi connectivity index (χ2v) is 5.50. The van der Waals surface area contributed by atoms with E-state index in [0.717, 1.165) is 18.9 Å². The fourth-order valence-corrected chi connectivity index (χ4v) is 1.97. The molecule has 0 radical (unpaired) electrons. The van der Waals surface area contributed by atoms with E-state index >= 15 is 0 Å². The Kier molecular flexibility index (Phi) is 4.70. The smallest absolute Gasteiger partial charge is 0.379 e. The van der Waals surface area contributed by atoms with Gasteiger partial charge in [0.1, 0.15) is 0 Å². The Balaban J connectivity index is 3.17. The summed E-state index contributed by atoms with van der Waals surface area (Å²) in [6, 6.07) is 4.19. The predicted molar refractivity (Wildman–Crippen MR) is 71.8 cm³/mol. The largest absolute Gasteiger partial charge is 0.418 e. The number of rotatable bonds is 4. The predicted octanol–water partition coefficient (Wildman–Crippen LogP) is 5.46. The molecule has 0 saturated carbocycles. The van der Waals surface area contributed by atoms with Crippen LogP contribution in [0.3, 0.4) is 0 Å². The van der Waals surface area contributed by atoms with Gasteiger partial charge in [-0.3, -0.25) is 0 Å². The monoisotopic (exact) mass is 323 g/mol. The lowest BCUT2D eigenvalue weighted by atomic mass is 9.94. The molecule has 1 aromatic rings. The van der Waals surface area contributed by atoms with Crippen LogP contribution in [0.15, 0.2) is 22.7 Å². The number of hydrogen-bond acceptors (Lipinski definition) is 1. The molecule has 0 saturated heterocycles. The van der Waals surface area contributed by atoms with Gasteiger partial charge in [0.2, 0.25) is 0 Å². The fraction of sp³-hybridized carbons (Fsp3) is 0.538. The fourth-order valence-electron chi connectivity index (χ4n) is 1.61. The van der Waals surface area contributed by atoms with E-state index in [4.69, 9.17) is 0 Å². The third-order valence-corrected chi connectivity index (χ3v) is 3.78. The summed E-state index contributed by atoms with van der Waals surface area (Å²) in [7, 11) is 0. The summed E-state index contributed by atoms with van der Waals surface area (Å²) in [5, 5.41) is 3.02. The lowest BCUT2D eigenvalue weighted by molar-refractivity contribution is -0.137. The van der Waals surface area contributed by atoms with Crippen LogP contribution >= 0.6 is 15.9 Å². The summed E-state index contributed by atoms with van der Waals surface area (Å²) in [5.74, 6) is 0. The van der Waals surface area contributed by atoms with Crippen LogP contribution in [0.5, 0.6) is 0 Å². The Morgan fingerprint density at radius 1 is 1.17 bits per heavy atom. The normalized spacial score (nSPS) is 12.6. The number of hydrogen-bond donors (Lipinski definition) is 1. The molecule has 0 aliphatic rings. The van der Waals surface area contributed by atoms with E-state index in [2.05, 4.69) is 21.2 Å². The highest BCUT2D eigenvalue weighted by atomic mass is 79.9. The van der Waals surface area contributed by atoms with E-state index in [1.165, 1.54) is 6.07 Å². The Morgan fingerprint density at radius 3 is 2.17 bits per heavy atom. The van der Waals surface area contributed by atoms with Crippen molar-refractivity contribution in [3.8, 4) is 0 Å². The van der Waals surface area contributed by atoms with Gasteiger partial charge in [0, 0.05) is 15.7 Å². The molecule has 1 aromatic carbocycles. The third kappa shape index (κ3) is 3.64. The minimum atomic E-state index is -4.35. The maximum Gasteiger partial charge on any atom is 0.418 e. The van der Waals surface area contributed by atoms with Crippen LogP contribution in [-0.2, 0) is 6.18 Å². The number of halogens is 4. The molecule has 1 rings (SSSR count). The van der Waals surface area contributed by atoms with Crippen molar-refractivity contribution in [3.63, 3.8) is 0 Å². The summed E-state index contributed by atoms with van der Waals surface area (Å²) in [5.41, 5.74) is -0.824. The molecule has 0 amide bonds. The van der Waals surface area contributed by atoms with Crippen LogP contribution in [0, 0.1) is 0 Å². The van der Waals surface area contributed by atoms with Gasteiger partial charge in [-0.25, -0.2) is 0 Å². The molecule has 5 heteroatoms. The van der Waals surface area contributed by atoms with Crippen LogP contribution in [-0.4, -0.2) is 5.54 Å². The van der Waals surface area contributed by atoms with Crippen molar-refractivity contribution in [2.45, 2.75) is 45.3 Å². The molecule has 0 aliphatic carbocycles. The number of anilines is 1. The van der Waals surface area contributed by atoms with Gasteiger partial charge in [0.15, 0.2) is 0 Å². The highest BCUT2D eigenvalue weighted by Gasteiger charge is 2.35. The Labute approximate surface area is 114 Å². The molecule has 1 N–H and O–H groups in total. The van der Waals surface area contributed by atoms with Crippen LogP contribution in [0.1, 0.15) is 39.2 Å². The first kappa shape index (κ1) is 15.3. The van der Waals surface area contributed by atoms with E-state index in [1.54, 1.807) is 6.07 Å². The van der Waals surface area contributed by atoms with Gasteiger partial charge < -0.3 is 5.32 Å². The molecule has 1 nitrogen and oxygen atoms in total. The summed E-state index contributed by atoms with van der Waals surface area (Å²) in [6.45, 7) is 5.85. The van der Waals surface area contributed by atoms with E-state index < -0.39 is 11.7 Å². The molecular weight excluding hydrogens is 307 g/mol. The first-order valence-electron chi connectivity index (χ1n) is 5.87. The molecule has 0 spiro atoms. The van der Waals surface area contributed by atoms with E-state index in [-0.39, 0.29) is 11.2 Å². The zero-order valence-corrected chi connectivity index (χ0v) is 12.2. The molecule has 0 unspecified atom stereocenters. The Hall–Kier alpha value is -0.710. The molecule has 102 valence electrons. The Bertz CT molecular complexity index is 411. The van der Waals surface area contributed by atoms with Crippen molar-refractivity contribution in [1.82, 2.24) is 0 Å². The number of alkyl halides is 3. The third-order valence-electron chi connectivity index (χ3n) is 3.28. The maximum absolute atomic E-state index is 13.0. The zero-order chi connectivity index (χ0) is 14.0. The minimum Gasteiger partial charge on any atom is -0.379 e. The van der Waals surface area contributed by atoms with Crippen molar-refractivity contribution < 1.29 is 13.2 Å². The molecule has 0 atom stereocenters. The Morgan fingerprint density at radius 2 is 1.72 bits per heavy atom. The van der Waals surface area contributed by atoms with Crippen LogP contribution in [0.25, 0.3) is 0 Å². The maximum atomic E-state index is 13.0. The molecule has 0 aliphatic heterocycles. The van der Waals surface area contributed by atoms with Gasteiger partial charge in [0.25, 0.3) is 0 Å². The van der Waals surface area contributed by atoms with Crippen molar-refractivity contribution >= 4 is 21.6 Å². The van der Waals surface area contributed by atoms with Gasteiger partial charge in [-0.15, -0.1) is 0 Å². The number of benzene rings is 1. The highest BCUT2D eigenvalue weighted by molar-refractivity contribution is 9.10. The van der Waals surface area contributed by atoms with Crippen molar-refractivity contribution in [3.05, 3.63) is 28.2 Å². The van der Waals surface area contributed by atoms with E-state index in [1.807, 2.05) is 20.8 Å². The van der Waals surface area contributed by atoms with Gasteiger partial charge in [-0.2, -0.15) is 13.2 Å². The van der Waals surface area contributed by atoms with Gasteiger partial charge in [-0.05, 0) is 38.0 Å². The zero-order valence-electron chi connectivity index (χ0n) is 10.7. The van der Waals surface area contributed by atoms with Crippen LogP contribution in [0.4, 0.5) is 18.9 Å². The second kappa shape index (κ2) is 5.51. The quantitative estimate of drug-likeness (QED) is 0.775. The summed E-state index contributed by atoms with van der Waals surface area (Å²) < 4.78 is 39.3. The first-order chi connectivity index (χ1) is 8.22. The topological polar surface area (TPSA) is 12.0 Å². The van der Waals surface area contributed by atoms with E-state index in [0.29, 0.717) is 4.47 Å². The van der Waals surface area contributed by atoms with Crippen molar-refractivity contribution in [2.24, 2.45) is 0 Å². The molecule has 18 heavy (non-hydrogen) atoms. The summed E-state index contributed by atoms with van der Waals surface area (Å²) in [4.78, 5) is 0. The summed E-state index contributed by atoms with van der Waals surface area (Å²) in [6.07, 6.45) is -2.83. The summed E-state index contributed by atoms with van der Waals surface area (Å²) >= 11 is 3.07. The van der Waals surface area contributed by atoms with E-state index in [9.17, 15) is 13.2 Å². The van der Waals surface area contributed by atoms with Crippen molar-refractivity contribution in [2.75, 3.05) is 5.32 Å². The van der Waals surface area contributed by atoms with Gasteiger partial charge in [-0.1, -0.05) is 29.8 Å². The lowest BCUT2D eigenvalue weighted by Gasteiger charge is -2.31. The molecule has 0 aromatic heterocycles.